The first-order chi connectivity index (χ1) is 15.1. The smallest absolute Gasteiger partial charge is 0.239 e. The lowest BCUT2D eigenvalue weighted by Crippen LogP contribution is -2.33. The van der Waals surface area contributed by atoms with Crippen LogP contribution in [0.1, 0.15) is 33.0 Å². The minimum atomic E-state index is -3.74. The first-order valence-electron chi connectivity index (χ1n) is 9.68. The molecule has 1 atom stereocenters. The Kier molecular flexibility index (Phi) is 6.03. The molecule has 0 saturated carbocycles. The number of halogens is 1. The quantitative estimate of drug-likeness (QED) is 0.525. The zero-order valence-electron chi connectivity index (χ0n) is 16.9. The number of carbonyl (C=O) groups excluding carboxylic acids is 3. The predicted octanol–water partition coefficient (Wildman–Crippen LogP) is 4.21. The van der Waals surface area contributed by atoms with E-state index in [4.69, 9.17) is 11.6 Å². The van der Waals surface area contributed by atoms with E-state index in [9.17, 15) is 22.8 Å². The Balaban J connectivity index is 1.47. The average molecular weight is 488 g/mol. The summed E-state index contributed by atoms with van der Waals surface area (Å²) >= 11 is 6.70. The van der Waals surface area contributed by atoms with E-state index >= 15 is 0 Å². The SMILES string of the molecule is Cc1ccc2c(c1)NC(=O)C(c1ccc(CC(=O)CS(=O)(=O)c3ccc(Cl)s3)cc1)C2=O. The minimum absolute atomic E-state index is 0.0588. The highest BCUT2D eigenvalue weighted by Crippen LogP contribution is 2.32. The molecule has 1 N–H and O–H groups in total. The van der Waals surface area contributed by atoms with Crippen molar-refractivity contribution in [3.63, 3.8) is 0 Å². The zero-order chi connectivity index (χ0) is 23.0. The number of carbonyl (C=O) groups is 3. The van der Waals surface area contributed by atoms with Crippen LogP contribution < -0.4 is 5.32 Å². The molecule has 0 bridgehead atoms. The van der Waals surface area contributed by atoms with Crippen molar-refractivity contribution in [1.82, 2.24) is 0 Å². The Bertz CT molecular complexity index is 1340. The molecule has 3 aromatic rings. The molecule has 1 unspecified atom stereocenters. The van der Waals surface area contributed by atoms with Crippen LogP contribution in [-0.4, -0.2) is 31.6 Å². The number of aryl methyl sites for hydroxylation is 1. The van der Waals surface area contributed by atoms with Gasteiger partial charge in [-0.2, -0.15) is 0 Å². The number of ketones is 2. The number of hydrogen-bond donors (Lipinski definition) is 1. The normalized spacial score (nSPS) is 15.9. The average Bonchev–Trinajstić information content (AvgIpc) is 3.16. The summed E-state index contributed by atoms with van der Waals surface area (Å²) in [6.45, 7) is 1.88. The van der Waals surface area contributed by atoms with Crippen LogP contribution in [0.25, 0.3) is 0 Å². The highest BCUT2D eigenvalue weighted by atomic mass is 35.5. The number of Topliss-reactive ketones (excluding diaryl/α,β-unsaturated/α-hetero) is 2. The van der Waals surface area contributed by atoms with Crippen LogP contribution in [0.5, 0.6) is 0 Å². The van der Waals surface area contributed by atoms with Crippen molar-refractivity contribution >= 4 is 55.9 Å². The fraction of sp³-hybridized carbons (Fsp3) is 0.174. The molecule has 4 rings (SSSR count). The molecule has 0 spiro atoms. The summed E-state index contributed by atoms with van der Waals surface area (Å²) in [4.78, 5) is 37.8. The van der Waals surface area contributed by atoms with Crippen molar-refractivity contribution in [2.75, 3.05) is 11.1 Å². The first kappa shape index (κ1) is 22.4. The van der Waals surface area contributed by atoms with Gasteiger partial charge in [-0.1, -0.05) is 41.9 Å². The third-order valence-electron chi connectivity index (χ3n) is 5.14. The number of fused-ring (bicyclic) bond motifs is 1. The van der Waals surface area contributed by atoms with E-state index in [1.807, 2.05) is 13.0 Å². The van der Waals surface area contributed by atoms with Crippen LogP contribution in [0.2, 0.25) is 4.34 Å². The molecular formula is C23H18ClNO5S2. The number of anilines is 1. The molecule has 1 amide bonds. The maximum atomic E-state index is 12.9. The van der Waals surface area contributed by atoms with Gasteiger partial charge in [0, 0.05) is 12.0 Å². The van der Waals surface area contributed by atoms with E-state index in [1.165, 1.54) is 12.1 Å². The molecule has 0 saturated heterocycles. The Morgan fingerprint density at radius 1 is 1.06 bits per heavy atom. The Morgan fingerprint density at radius 3 is 2.44 bits per heavy atom. The highest BCUT2D eigenvalue weighted by Gasteiger charge is 2.35. The number of benzene rings is 2. The predicted molar refractivity (Wildman–Crippen MR) is 123 cm³/mol. The van der Waals surface area contributed by atoms with Crippen LogP contribution in [0.4, 0.5) is 5.69 Å². The van der Waals surface area contributed by atoms with Crippen LogP contribution in [0.15, 0.2) is 58.8 Å². The molecule has 1 aromatic heterocycles. The van der Waals surface area contributed by atoms with Gasteiger partial charge in [-0.15, -0.1) is 11.3 Å². The van der Waals surface area contributed by atoms with Crippen LogP contribution in [-0.2, 0) is 25.8 Å². The standard InChI is InChI=1S/C23H18ClNO5S2/c1-13-2-7-17-18(10-13)25-23(28)21(22(17)27)15-5-3-14(4-6-15)11-16(26)12-32(29,30)20-9-8-19(24)31-20/h2-10,21H,11-12H2,1H3,(H,25,28). The van der Waals surface area contributed by atoms with Gasteiger partial charge in [0.1, 0.15) is 15.9 Å². The molecule has 0 aliphatic carbocycles. The van der Waals surface area contributed by atoms with Gasteiger partial charge in [-0.05, 0) is 47.9 Å². The van der Waals surface area contributed by atoms with Crippen molar-refractivity contribution in [3.8, 4) is 0 Å². The van der Waals surface area contributed by atoms with Crippen molar-refractivity contribution in [3.05, 3.63) is 81.2 Å². The molecule has 0 fully saturated rings. The zero-order valence-corrected chi connectivity index (χ0v) is 19.3. The monoisotopic (exact) mass is 487 g/mol. The van der Waals surface area contributed by atoms with Gasteiger partial charge in [-0.25, -0.2) is 8.42 Å². The summed E-state index contributed by atoms with van der Waals surface area (Å²) in [5, 5.41) is 2.78. The topological polar surface area (TPSA) is 97.4 Å². The summed E-state index contributed by atoms with van der Waals surface area (Å²) in [5.74, 6) is -2.74. The number of hydrogen-bond acceptors (Lipinski definition) is 6. The molecule has 2 heterocycles. The van der Waals surface area contributed by atoms with E-state index in [-0.39, 0.29) is 16.4 Å². The number of thiophene rings is 1. The molecule has 9 heteroatoms. The number of sulfone groups is 1. The fourth-order valence-corrected chi connectivity index (χ4v) is 6.42. The van der Waals surface area contributed by atoms with Crippen LogP contribution >= 0.6 is 22.9 Å². The summed E-state index contributed by atoms with van der Waals surface area (Å²) in [7, 11) is -3.74. The van der Waals surface area contributed by atoms with Gasteiger partial charge in [0.15, 0.2) is 21.4 Å². The van der Waals surface area contributed by atoms with Crippen molar-refractivity contribution in [1.29, 1.82) is 0 Å². The van der Waals surface area contributed by atoms with Crippen molar-refractivity contribution in [2.45, 2.75) is 23.5 Å². The van der Waals surface area contributed by atoms with E-state index in [0.29, 0.717) is 26.7 Å². The van der Waals surface area contributed by atoms with Crippen molar-refractivity contribution < 1.29 is 22.8 Å². The van der Waals surface area contributed by atoms with E-state index < -0.39 is 33.2 Å². The second-order valence-electron chi connectivity index (χ2n) is 7.61. The lowest BCUT2D eigenvalue weighted by Gasteiger charge is -2.24. The van der Waals surface area contributed by atoms with Gasteiger partial charge >= 0.3 is 0 Å². The van der Waals surface area contributed by atoms with Gasteiger partial charge in [0.25, 0.3) is 0 Å². The molecular weight excluding hydrogens is 470 g/mol. The Hall–Kier alpha value is -2.81. The molecule has 0 radical (unpaired) electrons. The summed E-state index contributed by atoms with van der Waals surface area (Å²) in [5.41, 5.74) is 3.01. The largest absolute Gasteiger partial charge is 0.324 e. The number of nitrogens with one attached hydrogen (secondary N) is 1. The van der Waals surface area contributed by atoms with E-state index in [0.717, 1.165) is 16.9 Å². The first-order valence-corrected chi connectivity index (χ1v) is 12.5. The molecule has 32 heavy (non-hydrogen) atoms. The molecule has 6 nitrogen and oxygen atoms in total. The third-order valence-corrected chi connectivity index (χ3v) is 8.63. The molecule has 2 aromatic carbocycles. The number of amides is 1. The van der Waals surface area contributed by atoms with Crippen molar-refractivity contribution in [2.24, 2.45) is 0 Å². The summed E-state index contributed by atoms with van der Waals surface area (Å²) in [6, 6.07) is 14.6. The second-order valence-corrected chi connectivity index (χ2v) is 11.5. The Morgan fingerprint density at radius 2 is 1.78 bits per heavy atom. The summed E-state index contributed by atoms with van der Waals surface area (Å²) < 4.78 is 25.1. The fourth-order valence-electron chi connectivity index (χ4n) is 3.61. The Labute approximate surface area is 194 Å². The van der Waals surface area contributed by atoms with Crippen LogP contribution in [0.3, 0.4) is 0 Å². The highest BCUT2D eigenvalue weighted by molar-refractivity contribution is 7.94. The maximum Gasteiger partial charge on any atom is 0.239 e. The maximum absolute atomic E-state index is 12.9. The summed E-state index contributed by atoms with van der Waals surface area (Å²) in [6.07, 6.45) is -0.0778. The number of rotatable bonds is 6. The van der Waals surface area contributed by atoms with E-state index in [2.05, 4.69) is 5.32 Å². The molecule has 1 aliphatic heterocycles. The van der Waals surface area contributed by atoms with E-state index in [1.54, 1.807) is 36.4 Å². The second kappa shape index (κ2) is 8.61. The minimum Gasteiger partial charge on any atom is -0.324 e. The third kappa shape index (κ3) is 4.53. The van der Waals surface area contributed by atoms with Gasteiger partial charge < -0.3 is 5.32 Å². The van der Waals surface area contributed by atoms with Gasteiger partial charge in [0.2, 0.25) is 5.91 Å². The van der Waals surface area contributed by atoms with Crippen LogP contribution in [0, 0.1) is 6.92 Å². The molecule has 1 aliphatic rings. The molecule has 164 valence electrons. The van der Waals surface area contributed by atoms with Gasteiger partial charge in [0.05, 0.1) is 10.0 Å². The van der Waals surface area contributed by atoms with Gasteiger partial charge in [-0.3, -0.25) is 14.4 Å². The lowest BCUT2D eigenvalue weighted by molar-refractivity contribution is -0.117. The lowest BCUT2D eigenvalue weighted by atomic mass is 9.85.